The Kier molecular flexibility index (Phi) is 13.6. The minimum Gasteiger partial charge on any atom is -0.309 e. The van der Waals surface area contributed by atoms with Gasteiger partial charge in [0.1, 0.15) is 0 Å². The largest absolute Gasteiger partial charge is 0.309 e. The molecular weight excluding hydrogens is 1210 g/mol. The summed E-state index contributed by atoms with van der Waals surface area (Å²) in [6.07, 6.45) is 2.00. The van der Waals surface area contributed by atoms with Crippen molar-refractivity contribution >= 4 is 130 Å². The van der Waals surface area contributed by atoms with Crippen molar-refractivity contribution in [3.8, 4) is 67.1 Å². The third kappa shape index (κ3) is 9.49. The molecule has 0 unspecified atom stereocenters. The van der Waals surface area contributed by atoms with E-state index >= 15 is 0 Å². The molecule has 0 saturated carbocycles. The smallest absolute Gasteiger partial charge is 0.188 e. The predicted molar refractivity (Wildman–Crippen MR) is 422 cm³/mol. The molecule has 17 aromatic carbocycles. The molecule has 3 heterocycles. The Hall–Kier alpha value is -13.7. The average molecular weight is 1270 g/mol. The van der Waals surface area contributed by atoms with Crippen LogP contribution in [0.15, 0.2) is 346 Å². The van der Waals surface area contributed by atoms with Gasteiger partial charge in [-0.25, -0.2) is 9.69 Å². The highest BCUT2D eigenvalue weighted by Crippen LogP contribution is 2.46. The first-order valence-electron chi connectivity index (χ1n) is 33.8. The summed E-state index contributed by atoms with van der Waals surface area (Å²) < 4.78 is 4.57. The van der Waals surface area contributed by atoms with E-state index in [0.717, 1.165) is 82.9 Å². The summed E-state index contributed by atoms with van der Waals surface area (Å²) in [6.45, 7) is 15.3. The van der Waals surface area contributed by atoms with Crippen LogP contribution in [-0.2, 0) is 0 Å². The molecule has 0 atom stereocenters. The number of hydrogen-bond donors (Lipinski definition) is 0. The Morgan fingerprint density at radius 3 is 1.20 bits per heavy atom. The lowest BCUT2D eigenvalue weighted by Crippen LogP contribution is -1.93. The molecule has 5 nitrogen and oxygen atoms in total. The maximum absolute atomic E-state index is 7.73. The minimum atomic E-state index is 0.637. The van der Waals surface area contributed by atoms with Crippen molar-refractivity contribution in [3.05, 3.63) is 369 Å². The summed E-state index contributed by atoms with van der Waals surface area (Å²) in [6, 6.07) is 121. The van der Waals surface area contributed by atoms with Gasteiger partial charge in [0.05, 0.1) is 40.9 Å². The molecule has 0 aliphatic heterocycles. The fraction of sp³-hybridized carbons (Fsp3) is 0. The summed E-state index contributed by atoms with van der Waals surface area (Å²) in [4.78, 5) is 12.5. The second-order valence-corrected chi connectivity index (χ2v) is 25.9. The van der Waals surface area contributed by atoms with E-state index in [2.05, 4.69) is 322 Å². The van der Waals surface area contributed by atoms with E-state index in [9.17, 15) is 0 Å². The fourth-order valence-corrected chi connectivity index (χ4v) is 15.8. The van der Waals surface area contributed by atoms with Crippen molar-refractivity contribution in [1.82, 2.24) is 14.1 Å². The van der Waals surface area contributed by atoms with Gasteiger partial charge in [-0.15, -0.1) is 0 Å². The van der Waals surface area contributed by atoms with Crippen molar-refractivity contribution < 1.29 is 0 Å². The van der Waals surface area contributed by atoms with Crippen molar-refractivity contribution in [3.63, 3.8) is 0 Å². The first-order valence-corrected chi connectivity index (χ1v) is 33.8. The van der Waals surface area contributed by atoms with Gasteiger partial charge in [0.25, 0.3) is 0 Å². The first kappa shape index (κ1) is 57.7. The normalized spacial score (nSPS) is 11.6. The van der Waals surface area contributed by atoms with Crippen molar-refractivity contribution in [2.24, 2.45) is 0 Å². The maximum atomic E-state index is 7.73. The van der Waals surface area contributed by atoms with E-state index < -0.39 is 0 Å². The van der Waals surface area contributed by atoms with E-state index in [-0.39, 0.29) is 0 Å². The lowest BCUT2D eigenvalue weighted by Gasteiger charge is -2.17. The van der Waals surface area contributed by atoms with Crippen LogP contribution >= 0.6 is 0 Å². The number of aromatic nitrogens is 3. The summed E-state index contributed by atoms with van der Waals surface area (Å²) in [5, 5.41) is 21.9. The molecule has 0 bridgehead atoms. The van der Waals surface area contributed by atoms with Gasteiger partial charge in [-0.3, -0.25) is 4.98 Å². The average Bonchev–Trinajstić information content (AvgIpc) is 1.48. The first-order chi connectivity index (χ1) is 49.5. The molecule has 5 heteroatoms. The van der Waals surface area contributed by atoms with E-state index in [1.54, 1.807) is 0 Å². The summed E-state index contributed by atoms with van der Waals surface area (Å²) in [7, 11) is 0. The lowest BCUT2D eigenvalue weighted by atomic mass is 9.86. The number of benzene rings is 17. The number of fused-ring (bicyclic) bond motifs is 17. The van der Waals surface area contributed by atoms with Gasteiger partial charge in [-0.05, 0) is 228 Å². The number of rotatable bonds is 7. The van der Waals surface area contributed by atoms with Gasteiger partial charge in [0, 0.05) is 39.5 Å². The second kappa shape index (κ2) is 23.6. The molecule has 20 aromatic rings. The van der Waals surface area contributed by atoms with Crippen molar-refractivity contribution in [1.29, 1.82) is 0 Å². The molecule has 0 amide bonds. The van der Waals surface area contributed by atoms with E-state index in [1.807, 2.05) is 42.6 Å². The molecule has 20 rings (SSSR count). The quantitative estimate of drug-likeness (QED) is 0.116. The number of pyridine rings is 1. The highest BCUT2D eigenvalue weighted by Gasteiger charge is 2.20. The van der Waals surface area contributed by atoms with Gasteiger partial charge in [0.15, 0.2) is 11.4 Å². The molecule has 462 valence electrons. The van der Waals surface area contributed by atoms with Gasteiger partial charge in [0.2, 0.25) is 0 Å². The van der Waals surface area contributed by atoms with Crippen LogP contribution in [0.1, 0.15) is 0 Å². The molecule has 3 aromatic heterocycles. The van der Waals surface area contributed by atoms with E-state index in [1.165, 1.54) is 103 Å². The molecule has 0 saturated heterocycles. The van der Waals surface area contributed by atoms with Gasteiger partial charge in [-0.2, -0.15) is 0 Å². The number of nitrogens with zero attached hydrogens (tertiary/aromatic N) is 5. The molecule has 0 radical (unpaired) electrons. The highest BCUT2D eigenvalue weighted by atomic mass is 15.0. The minimum absolute atomic E-state index is 0.637. The molecule has 0 fully saturated rings. The highest BCUT2D eigenvalue weighted by molar-refractivity contribution is 6.26. The Bertz CT molecular complexity index is 6840. The monoisotopic (exact) mass is 1270 g/mol. The maximum Gasteiger partial charge on any atom is 0.188 e. The zero-order valence-electron chi connectivity index (χ0n) is 54.1. The summed E-state index contributed by atoms with van der Waals surface area (Å²) in [5.74, 6) is 0. The summed E-state index contributed by atoms with van der Waals surface area (Å²) in [5.41, 5.74) is 19.3. The summed E-state index contributed by atoms with van der Waals surface area (Å²) >= 11 is 0. The number of hydrogen-bond acceptors (Lipinski definition) is 1. The van der Waals surface area contributed by atoms with Crippen LogP contribution in [-0.4, -0.2) is 14.1 Å². The lowest BCUT2D eigenvalue weighted by molar-refractivity contribution is 1.18. The van der Waals surface area contributed by atoms with E-state index in [4.69, 9.17) is 18.1 Å². The Morgan fingerprint density at radius 1 is 0.220 bits per heavy atom. The fourth-order valence-electron chi connectivity index (χ4n) is 15.8. The molecular formula is C95H57N5. The Labute approximate surface area is 576 Å². The van der Waals surface area contributed by atoms with Crippen LogP contribution in [0.4, 0.5) is 11.4 Å². The van der Waals surface area contributed by atoms with Crippen LogP contribution < -0.4 is 0 Å². The molecule has 0 N–H and O–H groups in total. The second-order valence-electron chi connectivity index (χ2n) is 25.9. The van der Waals surface area contributed by atoms with Crippen molar-refractivity contribution in [2.45, 2.75) is 0 Å². The van der Waals surface area contributed by atoms with Crippen molar-refractivity contribution in [2.75, 3.05) is 0 Å². The standard InChI is InChI=1S/C53H32N2.C42H25N3/c1-54-38-26-28-53-51(31-38)50-30-36(25-27-52(50)55(53)39-17-3-2-4-18-39)35-15-11-16-37(29-35)46-32-48-45-23-10-9-22-44(45)47(33-49(48)43-21-8-7-20-42(43)46)41-24-12-14-34-13-5-6-19-40(34)41;1-43-30-18-22-42-39(24-30)38-23-28(17-21-41(38)45(42)31-10-3-2-4-11-31)40-20-16-29(26-44-40)36-25-37-32-12-6-5-9-27(32)15-19-35(37)33-13-7-8-14-34(33)36/h2-33H;2-26H. The predicted octanol–water partition coefficient (Wildman–Crippen LogP) is 26.5. The van der Waals surface area contributed by atoms with Crippen LogP contribution in [0.2, 0.25) is 0 Å². The SMILES string of the molecule is [C-]#[N+]c1ccc2c(c1)c1cc(-c3ccc(-c4cc5c6ccccc6ccc5c5ccccc45)cn3)ccc1n2-c1ccccc1.[C-]#[N+]c1ccc2c(c1)c1cc(-c3cccc(-c4cc5c6ccccc6c(-c6cccc7ccccc67)cc5c5ccccc45)c3)ccc1n2-c1ccccc1. The van der Waals surface area contributed by atoms with Crippen LogP contribution in [0.25, 0.3) is 196 Å². The molecule has 0 aliphatic rings. The van der Waals surface area contributed by atoms with E-state index in [0.29, 0.717) is 11.4 Å². The van der Waals surface area contributed by atoms with Crippen LogP contribution in [0.5, 0.6) is 0 Å². The molecule has 0 aliphatic carbocycles. The van der Waals surface area contributed by atoms with Crippen LogP contribution in [0.3, 0.4) is 0 Å². The van der Waals surface area contributed by atoms with Gasteiger partial charge in [-0.1, -0.05) is 237 Å². The topological polar surface area (TPSA) is 31.5 Å². The van der Waals surface area contributed by atoms with Gasteiger partial charge < -0.3 is 9.13 Å². The third-order valence-corrected chi connectivity index (χ3v) is 20.4. The molecule has 0 spiro atoms. The Balaban J connectivity index is 0.000000142. The molecule has 100 heavy (non-hydrogen) atoms. The zero-order chi connectivity index (χ0) is 66.4. The number of para-hydroxylation sites is 2. The Morgan fingerprint density at radius 2 is 0.620 bits per heavy atom. The van der Waals surface area contributed by atoms with Crippen LogP contribution in [0, 0.1) is 13.1 Å². The zero-order valence-corrected chi connectivity index (χ0v) is 54.1. The third-order valence-electron chi connectivity index (χ3n) is 20.4. The van der Waals surface area contributed by atoms with Gasteiger partial charge >= 0.3 is 0 Å².